The SMILES string of the molecule is C=CC(=O)Nc1cc2c(Nc3ccc(NCc4ccccn4)c(Cl)c3)ncnc2cc1OCCN1CCOCC1. The number of morpholine rings is 1. The highest BCUT2D eigenvalue weighted by molar-refractivity contribution is 6.33. The van der Waals surface area contributed by atoms with Gasteiger partial charge in [-0.15, -0.1) is 0 Å². The number of pyridine rings is 1. The van der Waals surface area contributed by atoms with Crippen molar-refractivity contribution in [1.82, 2.24) is 19.9 Å². The zero-order valence-corrected chi connectivity index (χ0v) is 22.7. The van der Waals surface area contributed by atoms with Crippen LogP contribution < -0.4 is 20.7 Å². The Kier molecular flexibility index (Phi) is 9.02. The smallest absolute Gasteiger partial charge is 0.247 e. The van der Waals surface area contributed by atoms with E-state index in [1.807, 2.05) is 36.4 Å². The van der Waals surface area contributed by atoms with Crippen molar-refractivity contribution in [3.63, 3.8) is 0 Å². The summed E-state index contributed by atoms with van der Waals surface area (Å²) < 4.78 is 11.5. The molecule has 0 unspecified atom stereocenters. The molecule has 3 heterocycles. The number of aromatic nitrogens is 3. The van der Waals surface area contributed by atoms with Crippen molar-refractivity contribution in [2.45, 2.75) is 6.54 Å². The van der Waals surface area contributed by atoms with E-state index in [1.54, 1.807) is 18.3 Å². The number of nitrogens with one attached hydrogen (secondary N) is 3. The Hall–Kier alpha value is -4.25. The molecule has 0 saturated carbocycles. The summed E-state index contributed by atoms with van der Waals surface area (Å²) in [7, 11) is 0. The van der Waals surface area contributed by atoms with Gasteiger partial charge in [0.05, 0.1) is 47.4 Å². The van der Waals surface area contributed by atoms with Crippen LogP contribution >= 0.6 is 11.6 Å². The zero-order valence-electron chi connectivity index (χ0n) is 21.9. The normalized spacial score (nSPS) is 13.5. The van der Waals surface area contributed by atoms with Crippen LogP contribution in [0.4, 0.5) is 22.9 Å². The predicted molar refractivity (Wildman–Crippen MR) is 157 cm³/mol. The van der Waals surface area contributed by atoms with Crippen molar-refractivity contribution in [3.05, 3.63) is 84.4 Å². The van der Waals surface area contributed by atoms with E-state index in [9.17, 15) is 4.79 Å². The largest absolute Gasteiger partial charge is 0.490 e. The molecule has 1 aliphatic rings. The summed E-state index contributed by atoms with van der Waals surface area (Å²) in [6, 6.07) is 15.0. The summed E-state index contributed by atoms with van der Waals surface area (Å²) >= 11 is 6.56. The summed E-state index contributed by atoms with van der Waals surface area (Å²) in [5.41, 5.74) is 3.62. The number of anilines is 4. The number of carbonyl (C=O) groups is 1. The average molecular weight is 560 g/mol. The van der Waals surface area contributed by atoms with E-state index in [0.29, 0.717) is 46.3 Å². The van der Waals surface area contributed by atoms with Crippen LogP contribution in [0, 0.1) is 0 Å². The van der Waals surface area contributed by atoms with E-state index in [2.05, 4.69) is 42.4 Å². The fraction of sp³-hybridized carbons (Fsp3) is 0.241. The fourth-order valence-electron chi connectivity index (χ4n) is 4.26. The summed E-state index contributed by atoms with van der Waals surface area (Å²) in [4.78, 5) is 27.7. The first-order valence-electron chi connectivity index (χ1n) is 12.9. The number of rotatable bonds is 11. The maximum absolute atomic E-state index is 12.2. The minimum Gasteiger partial charge on any atom is -0.490 e. The lowest BCUT2D eigenvalue weighted by atomic mass is 10.1. The molecular weight excluding hydrogens is 530 g/mol. The maximum Gasteiger partial charge on any atom is 0.247 e. The Labute approximate surface area is 237 Å². The molecule has 0 spiro atoms. The summed E-state index contributed by atoms with van der Waals surface area (Å²) in [6.45, 7) is 8.51. The van der Waals surface area contributed by atoms with Crippen LogP contribution in [0.2, 0.25) is 5.02 Å². The van der Waals surface area contributed by atoms with Crippen molar-refractivity contribution in [1.29, 1.82) is 0 Å². The van der Waals surface area contributed by atoms with Crippen LogP contribution in [0.3, 0.4) is 0 Å². The number of nitrogens with zero attached hydrogens (tertiary/aromatic N) is 4. The van der Waals surface area contributed by atoms with Gasteiger partial charge >= 0.3 is 0 Å². The molecule has 4 aromatic rings. The third-order valence-corrected chi connectivity index (χ3v) is 6.68. The minimum atomic E-state index is -0.343. The predicted octanol–water partition coefficient (Wildman–Crippen LogP) is 4.87. The van der Waals surface area contributed by atoms with Crippen molar-refractivity contribution >= 4 is 51.3 Å². The second-order valence-electron chi connectivity index (χ2n) is 9.08. The molecule has 1 fully saturated rings. The highest BCUT2D eigenvalue weighted by Crippen LogP contribution is 2.34. The molecule has 206 valence electrons. The number of amides is 1. The molecule has 1 aliphatic heterocycles. The lowest BCUT2D eigenvalue weighted by Crippen LogP contribution is -2.38. The van der Waals surface area contributed by atoms with Gasteiger partial charge in [0.25, 0.3) is 0 Å². The van der Waals surface area contributed by atoms with Crippen LogP contribution in [0.1, 0.15) is 5.69 Å². The molecule has 0 atom stereocenters. The second-order valence-corrected chi connectivity index (χ2v) is 9.49. The van der Waals surface area contributed by atoms with Crippen LogP contribution in [0.5, 0.6) is 5.75 Å². The van der Waals surface area contributed by atoms with Gasteiger partial charge < -0.3 is 25.4 Å². The van der Waals surface area contributed by atoms with E-state index >= 15 is 0 Å². The number of ether oxygens (including phenoxy) is 2. The van der Waals surface area contributed by atoms with Gasteiger partial charge in [0.1, 0.15) is 24.5 Å². The molecule has 1 saturated heterocycles. The monoisotopic (exact) mass is 559 g/mol. The van der Waals surface area contributed by atoms with Crippen molar-refractivity contribution < 1.29 is 14.3 Å². The van der Waals surface area contributed by atoms with Gasteiger partial charge in [-0.25, -0.2) is 9.97 Å². The Morgan fingerprint density at radius 3 is 2.75 bits per heavy atom. The maximum atomic E-state index is 12.2. The molecule has 0 aliphatic carbocycles. The summed E-state index contributed by atoms with van der Waals surface area (Å²) in [5, 5.41) is 10.7. The molecule has 0 bridgehead atoms. The molecule has 2 aromatic carbocycles. The Morgan fingerprint density at radius 1 is 1.10 bits per heavy atom. The van der Waals surface area contributed by atoms with Gasteiger partial charge in [0.2, 0.25) is 5.91 Å². The van der Waals surface area contributed by atoms with E-state index in [1.165, 1.54) is 12.4 Å². The van der Waals surface area contributed by atoms with Gasteiger partial charge in [-0.3, -0.25) is 14.7 Å². The Bertz CT molecular complexity index is 1480. The van der Waals surface area contributed by atoms with Crippen LogP contribution in [-0.2, 0) is 16.1 Å². The van der Waals surface area contributed by atoms with E-state index in [0.717, 1.165) is 49.9 Å². The van der Waals surface area contributed by atoms with Gasteiger partial charge in [-0.05, 0) is 42.5 Å². The van der Waals surface area contributed by atoms with Crippen LogP contribution in [0.15, 0.2) is 73.7 Å². The lowest BCUT2D eigenvalue weighted by Gasteiger charge is -2.26. The molecule has 11 heteroatoms. The number of fused-ring (bicyclic) bond motifs is 1. The molecule has 1 amide bonds. The molecule has 0 radical (unpaired) electrons. The zero-order chi connectivity index (χ0) is 27.7. The van der Waals surface area contributed by atoms with Gasteiger partial charge in [-0.2, -0.15) is 0 Å². The standard InChI is InChI=1S/C29H30ClN7O3/c1-2-28(38)36-26-16-22-25(17-27(26)40-14-11-37-9-12-39-13-10-37)33-19-34-29(22)35-20-6-7-24(23(30)15-20)32-18-21-5-3-4-8-31-21/h2-8,15-17,19,32H,1,9-14,18H2,(H,36,38)(H,33,34,35). The van der Waals surface area contributed by atoms with Crippen molar-refractivity contribution in [2.24, 2.45) is 0 Å². The fourth-order valence-corrected chi connectivity index (χ4v) is 4.50. The highest BCUT2D eigenvalue weighted by atomic mass is 35.5. The third kappa shape index (κ3) is 7.03. The van der Waals surface area contributed by atoms with Crippen LogP contribution in [-0.4, -0.2) is 65.2 Å². The Balaban J connectivity index is 1.34. The summed E-state index contributed by atoms with van der Waals surface area (Å²) in [5.74, 6) is 0.737. The number of benzene rings is 2. The number of halogens is 1. The second kappa shape index (κ2) is 13.2. The quantitative estimate of drug-likeness (QED) is 0.221. The molecule has 10 nitrogen and oxygen atoms in total. The van der Waals surface area contributed by atoms with Crippen molar-refractivity contribution in [2.75, 3.05) is 55.4 Å². The van der Waals surface area contributed by atoms with Crippen molar-refractivity contribution in [3.8, 4) is 5.75 Å². The molecule has 3 N–H and O–H groups in total. The first-order chi connectivity index (χ1) is 19.6. The molecule has 5 rings (SSSR count). The summed E-state index contributed by atoms with van der Waals surface area (Å²) in [6.07, 6.45) is 4.45. The Morgan fingerprint density at radius 2 is 1.98 bits per heavy atom. The van der Waals surface area contributed by atoms with Gasteiger partial charge in [0, 0.05) is 43.0 Å². The third-order valence-electron chi connectivity index (χ3n) is 6.37. The average Bonchev–Trinajstić information content (AvgIpc) is 2.98. The van der Waals surface area contributed by atoms with E-state index in [4.69, 9.17) is 21.1 Å². The first kappa shape index (κ1) is 27.3. The molecule has 2 aromatic heterocycles. The number of hydrogen-bond donors (Lipinski definition) is 3. The van der Waals surface area contributed by atoms with Gasteiger partial charge in [0.15, 0.2) is 0 Å². The first-order valence-corrected chi connectivity index (χ1v) is 13.3. The van der Waals surface area contributed by atoms with E-state index in [-0.39, 0.29) is 5.91 Å². The van der Waals surface area contributed by atoms with Gasteiger partial charge in [-0.1, -0.05) is 24.2 Å². The van der Waals surface area contributed by atoms with Crippen LogP contribution in [0.25, 0.3) is 10.9 Å². The number of carbonyl (C=O) groups excluding carboxylic acids is 1. The molecular formula is C29H30ClN7O3. The minimum absolute atomic E-state index is 0.343. The lowest BCUT2D eigenvalue weighted by molar-refractivity contribution is -0.111. The number of hydrogen-bond acceptors (Lipinski definition) is 9. The topological polar surface area (TPSA) is 114 Å². The molecule has 40 heavy (non-hydrogen) atoms. The highest BCUT2D eigenvalue weighted by Gasteiger charge is 2.15. The van der Waals surface area contributed by atoms with E-state index < -0.39 is 0 Å².